The highest BCUT2D eigenvalue weighted by atomic mass is 32.2. The molecule has 2 amide bonds. The number of rotatable bonds is 20. The zero-order valence-electron chi connectivity index (χ0n) is 23.6. The van der Waals surface area contributed by atoms with Crippen LogP contribution in [-0.2, 0) is 9.84 Å². The van der Waals surface area contributed by atoms with Crippen molar-refractivity contribution in [2.24, 2.45) is 0 Å². The summed E-state index contributed by atoms with van der Waals surface area (Å²) in [6.45, 7) is 2.94. The number of urea groups is 1. The van der Waals surface area contributed by atoms with E-state index in [9.17, 15) is 13.2 Å². The third-order valence-corrected chi connectivity index (χ3v) is 9.84. The molecule has 0 aliphatic carbocycles. The molecule has 9 nitrogen and oxygen atoms in total. The SMILES string of the molecule is CCCCCCCCCCCCOc1ccc(NC(=O)NNc2nc(SCCS(=O)(=O)c3ccccc3)ns2)cc1. The number of hydrazine groups is 1. The van der Waals surface area contributed by atoms with Crippen LogP contribution in [0.5, 0.6) is 5.75 Å². The Morgan fingerprint density at radius 2 is 1.56 bits per heavy atom. The van der Waals surface area contributed by atoms with Gasteiger partial charge >= 0.3 is 6.03 Å². The number of carbonyl (C=O) groups is 1. The molecule has 0 aliphatic rings. The summed E-state index contributed by atoms with van der Waals surface area (Å²) in [6, 6.07) is 15.2. The van der Waals surface area contributed by atoms with Crippen molar-refractivity contribution in [3.05, 3.63) is 54.6 Å². The Labute approximate surface area is 252 Å². The predicted octanol–water partition coefficient (Wildman–Crippen LogP) is 7.55. The van der Waals surface area contributed by atoms with E-state index in [4.69, 9.17) is 4.74 Å². The van der Waals surface area contributed by atoms with Gasteiger partial charge in [0.1, 0.15) is 5.75 Å². The Morgan fingerprint density at radius 1 is 0.902 bits per heavy atom. The maximum absolute atomic E-state index is 12.4. The second-order valence-electron chi connectivity index (χ2n) is 9.62. The number of benzene rings is 2. The molecule has 41 heavy (non-hydrogen) atoms. The average molecular weight is 620 g/mol. The smallest absolute Gasteiger partial charge is 0.337 e. The van der Waals surface area contributed by atoms with Crippen LogP contribution in [0.25, 0.3) is 0 Å². The van der Waals surface area contributed by atoms with E-state index in [2.05, 4.69) is 32.4 Å². The molecule has 0 atom stereocenters. The van der Waals surface area contributed by atoms with Gasteiger partial charge in [-0.1, -0.05) is 94.7 Å². The first-order valence-corrected chi connectivity index (χ1v) is 17.7. The Kier molecular flexibility index (Phi) is 14.8. The molecule has 0 aliphatic heterocycles. The molecule has 12 heteroatoms. The Morgan fingerprint density at radius 3 is 2.24 bits per heavy atom. The third kappa shape index (κ3) is 13.1. The highest BCUT2D eigenvalue weighted by Crippen LogP contribution is 2.21. The minimum atomic E-state index is -3.35. The van der Waals surface area contributed by atoms with Crippen LogP contribution in [0.1, 0.15) is 71.1 Å². The first kappa shape index (κ1) is 32.7. The number of carbonyl (C=O) groups excluding carboxylic acids is 1. The summed E-state index contributed by atoms with van der Waals surface area (Å²) >= 11 is 2.31. The molecule has 0 bridgehead atoms. The van der Waals surface area contributed by atoms with E-state index in [1.54, 1.807) is 42.5 Å². The van der Waals surface area contributed by atoms with E-state index in [-0.39, 0.29) is 5.75 Å². The number of hydrogen-bond donors (Lipinski definition) is 3. The summed E-state index contributed by atoms with van der Waals surface area (Å²) in [5.41, 5.74) is 5.87. The van der Waals surface area contributed by atoms with Crippen molar-refractivity contribution in [1.82, 2.24) is 14.8 Å². The first-order valence-electron chi connectivity index (χ1n) is 14.3. The second-order valence-corrected chi connectivity index (χ2v) is 13.5. The molecule has 0 radical (unpaired) electrons. The quantitative estimate of drug-likeness (QED) is 0.0673. The largest absolute Gasteiger partial charge is 0.494 e. The summed E-state index contributed by atoms with van der Waals surface area (Å²) in [5.74, 6) is 1.08. The molecule has 0 fully saturated rings. The Balaban J connectivity index is 1.25. The van der Waals surface area contributed by atoms with E-state index in [1.807, 2.05) is 12.1 Å². The topological polar surface area (TPSA) is 122 Å². The van der Waals surface area contributed by atoms with Crippen molar-refractivity contribution >= 4 is 50.0 Å². The number of nitrogens with one attached hydrogen (secondary N) is 3. The summed E-state index contributed by atoms with van der Waals surface area (Å²) in [5, 5.41) is 3.57. The van der Waals surface area contributed by atoms with E-state index >= 15 is 0 Å². The van der Waals surface area contributed by atoms with Crippen LogP contribution in [0.4, 0.5) is 15.6 Å². The van der Waals surface area contributed by atoms with Gasteiger partial charge in [-0.15, -0.1) is 0 Å². The number of amides is 2. The van der Waals surface area contributed by atoms with Crippen molar-refractivity contribution in [3.63, 3.8) is 0 Å². The molecule has 3 aromatic rings. The van der Waals surface area contributed by atoms with Gasteiger partial charge in [0.25, 0.3) is 0 Å². The van der Waals surface area contributed by atoms with Gasteiger partial charge in [-0.05, 0) is 42.8 Å². The number of thioether (sulfide) groups is 1. The summed E-state index contributed by atoms with van der Waals surface area (Å²) in [7, 11) is -3.35. The molecular formula is C29H41N5O4S3. The first-order chi connectivity index (χ1) is 20.0. The lowest BCUT2D eigenvalue weighted by Gasteiger charge is -2.09. The van der Waals surface area contributed by atoms with Gasteiger partial charge in [0.15, 0.2) is 9.84 Å². The lowest BCUT2D eigenvalue weighted by atomic mass is 10.1. The van der Waals surface area contributed by atoms with E-state index in [0.29, 0.717) is 33.2 Å². The van der Waals surface area contributed by atoms with Crippen LogP contribution in [0.2, 0.25) is 0 Å². The fraction of sp³-hybridized carbons (Fsp3) is 0.483. The summed E-state index contributed by atoms with van der Waals surface area (Å²) in [4.78, 5) is 16.8. The van der Waals surface area contributed by atoms with E-state index in [0.717, 1.165) is 23.7 Å². The Bertz CT molecular complexity index is 1250. The van der Waals surface area contributed by atoms with Crippen LogP contribution < -0.4 is 20.9 Å². The van der Waals surface area contributed by atoms with Crippen LogP contribution >= 0.6 is 23.3 Å². The molecule has 0 unspecified atom stereocenters. The highest BCUT2D eigenvalue weighted by Gasteiger charge is 2.15. The summed E-state index contributed by atoms with van der Waals surface area (Å²) in [6.07, 6.45) is 12.9. The number of hydrogen-bond acceptors (Lipinski definition) is 9. The maximum atomic E-state index is 12.4. The number of sulfone groups is 1. The van der Waals surface area contributed by atoms with Crippen molar-refractivity contribution in [2.45, 2.75) is 81.2 Å². The number of nitrogens with zero attached hydrogens (tertiary/aromatic N) is 2. The number of unbranched alkanes of at least 4 members (excludes halogenated alkanes) is 9. The number of aromatic nitrogens is 2. The molecular weight excluding hydrogens is 579 g/mol. The average Bonchev–Trinajstić information content (AvgIpc) is 3.44. The standard InChI is InChI=1S/C29H41N5O4S3/c1-2-3-4-5-6-7-8-9-10-14-21-38-25-19-17-24(18-20-25)30-27(35)32-33-28-31-29(34-40-28)39-22-23-41(36,37)26-15-12-11-13-16-26/h11-13,15-20H,2-10,14,21-23H2,1H3,(H2,30,32,35)(H,31,33,34). The normalized spacial score (nSPS) is 11.2. The van der Waals surface area contributed by atoms with Crippen LogP contribution in [0.15, 0.2) is 64.6 Å². The van der Waals surface area contributed by atoms with E-state index < -0.39 is 15.9 Å². The van der Waals surface area contributed by atoms with Gasteiger partial charge in [0.2, 0.25) is 10.3 Å². The van der Waals surface area contributed by atoms with E-state index in [1.165, 1.54) is 69.5 Å². The van der Waals surface area contributed by atoms with Gasteiger partial charge in [-0.3, -0.25) is 5.43 Å². The van der Waals surface area contributed by atoms with Crippen molar-refractivity contribution in [3.8, 4) is 5.75 Å². The summed E-state index contributed by atoms with van der Waals surface area (Å²) < 4.78 is 34.8. The number of anilines is 2. The van der Waals surface area contributed by atoms with Gasteiger partial charge in [-0.25, -0.2) is 18.6 Å². The zero-order valence-corrected chi connectivity index (χ0v) is 26.1. The van der Waals surface area contributed by atoms with Crippen molar-refractivity contribution in [1.29, 1.82) is 0 Å². The second kappa shape index (κ2) is 18.6. The zero-order chi connectivity index (χ0) is 29.2. The van der Waals surface area contributed by atoms with Gasteiger partial charge in [-0.2, -0.15) is 9.36 Å². The number of ether oxygens (including phenoxy) is 1. The molecule has 2 aromatic carbocycles. The molecule has 1 aromatic heterocycles. The van der Waals surface area contributed by atoms with Gasteiger partial charge in [0.05, 0.1) is 17.3 Å². The van der Waals surface area contributed by atoms with Crippen LogP contribution in [0.3, 0.4) is 0 Å². The van der Waals surface area contributed by atoms with Gasteiger partial charge < -0.3 is 10.1 Å². The monoisotopic (exact) mass is 619 g/mol. The highest BCUT2D eigenvalue weighted by molar-refractivity contribution is 8.00. The van der Waals surface area contributed by atoms with Crippen molar-refractivity contribution < 1.29 is 17.9 Å². The molecule has 1 heterocycles. The fourth-order valence-electron chi connectivity index (χ4n) is 3.99. The predicted molar refractivity (Wildman–Crippen MR) is 169 cm³/mol. The third-order valence-electron chi connectivity index (χ3n) is 6.25. The molecule has 0 saturated heterocycles. The molecule has 0 saturated carbocycles. The molecule has 0 spiro atoms. The maximum Gasteiger partial charge on any atom is 0.337 e. The van der Waals surface area contributed by atoms with Crippen LogP contribution in [0, 0.1) is 0 Å². The molecule has 224 valence electrons. The lowest BCUT2D eigenvalue weighted by Crippen LogP contribution is -2.33. The van der Waals surface area contributed by atoms with Crippen LogP contribution in [-0.4, -0.2) is 41.9 Å². The minimum absolute atomic E-state index is 0.0204. The van der Waals surface area contributed by atoms with Crippen molar-refractivity contribution in [2.75, 3.05) is 28.9 Å². The Hall–Kier alpha value is -2.83. The van der Waals surface area contributed by atoms with Gasteiger partial charge in [0, 0.05) is 23.0 Å². The fourth-order valence-corrected chi connectivity index (χ4v) is 7.16. The molecule has 3 rings (SSSR count). The molecule has 3 N–H and O–H groups in total. The minimum Gasteiger partial charge on any atom is -0.494 e. The lowest BCUT2D eigenvalue weighted by molar-refractivity contribution is 0.254.